The molecule has 3 aromatic carbocycles. The SMILES string of the molecule is COC(=O)N[C@H](C(=O)N1[C@H](c2ncc(-c3ccc4c(ccc5cc(-c6cnc([C@@H]7C[C@@]8(CCCOC8)CN7C(=O)[C@@H](C)C(C)C)[nH]6)ccc54)c3)[nH]2)C[C@@H]2CCCC[C@@H]21)C(C)C.S.S.S.S.S.S.S. The van der Waals surface area contributed by atoms with Gasteiger partial charge in [0, 0.05) is 41.7 Å². The predicted octanol–water partition coefficient (Wildman–Crippen LogP) is 10.1. The second-order valence-electron chi connectivity index (χ2n) is 19.1. The van der Waals surface area contributed by atoms with Crippen LogP contribution in [-0.2, 0) is 19.1 Å². The van der Waals surface area contributed by atoms with Crippen LogP contribution in [0.1, 0.15) is 110 Å². The number of methoxy groups -OCH3 is 1. The van der Waals surface area contributed by atoms with Gasteiger partial charge in [0.1, 0.15) is 17.7 Å². The number of likely N-dealkylation sites (tertiary alicyclic amines) is 2. The number of imidazole rings is 2. The Morgan fingerprint density at radius 3 is 1.85 bits per heavy atom. The Morgan fingerprint density at radius 1 is 0.750 bits per heavy atom. The van der Waals surface area contributed by atoms with Gasteiger partial charge in [-0.15, -0.1) is 0 Å². The van der Waals surface area contributed by atoms with Crippen molar-refractivity contribution in [1.82, 2.24) is 35.1 Å². The standard InChI is InChI=1S/C49H61N7O5.7H2S/c1-28(2)30(5)46(57)55-26-49(18-9-19-61-27-49)23-42(55)45-51-25-39(53-45)34-15-17-37-32(21-34)13-12-31-20-33(14-16-36(31)37)38-24-50-44(52-38)41-22-35-10-7-8-11-40(35)56(41)47(58)43(29(3)4)54-48(59)60-6;;;;;;;/h12-17,20-21,24-25,28-30,35,40-43H,7-11,18-19,22-23,26-27H2,1-6H3,(H,50,52)(H,51,53)(H,54,59);7*1H2/t30-,35-,40-,41-,42-,43-,49-;;;;;;;/m0......./s1. The number of hydrogen-bond acceptors (Lipinski definition) is 7. The minimum atomic E-state index is -0.684. The molecular weight excluding hydrogens is 991 g/mol. The van der Waals surface area contributed by atoms with Crippen LogP contribution in [0.2, 0.25) is 0 Å². The maximum absolute atomic E-state index is 14.3. The third kappa shape index (κ3) is 11.9. The minimum Gasteiger partial charge on any atom is -0.453 e. The van der Waals surface area contributed by atoms with Crippen LogP contribution < -0.4 is 5.32 Å². The lowest BCUT2D eigenvalue weighted by atomic mass is 9.80. The van der Waals surface area contributed by atoms with E-state index in [4.69, 9.17) is 19.4 Å². The molecule has 0 radical (unpaired) electrons. The fourth-order valence-electron chi connectivity index (χ4n) is 10.9. The predicted molar refractivity (Wildman–Crippen MR) is 309 cm³/mol. The van der Waals surface area contributed by atoms with Crippen molar-refractivity contribution in [2.45, 2.75) is 110 Å². The Morgan fingerprint density at radius 2 is 1.32 bits per heavy atom. The summed E-state index contributed by atoms with van der Waals surface area (Å²) < 4.78 is 10.9. The van der Waals surface area contributed by atoms with Gasteiger partial charge in [-0.2, -0.15) is 94.5 Å². The van der Waals surface area contributed by atoms with E-state index in [1.165, 1.54) is 13.5 Å². The lowest BCUT2D eigenvalue weighted by Crippen LogP contribution is -2.53. The van der Waals surface area contributed by atoms with E-state index in [0.29, 0.717) is 19.1 Å². The average Bonchev–Trinajstić information content (AvgIpc) is 4.10. The Bertz CT molecular complexity index is 2460. The van der Waals surface area contributed by atoms with Crippen molar-refractivity contribution in [3.05, 3.63) is 72.6 Å². The molecule has 0 unspecified atom stereocenters. The third-order valence-corrected chi connectivity index (χ3v) is 14.6. The zero-order valence-corrected chi connectivity index (χ0v) is 47.0. The highest BCUT2D eigenvalue weighted by molar-refractivity contribution is 7.60. The van der Waals surface area contributed by atoms with Gasteiger partial charge in [-0.1, -0.05) is 83.9 Å². The van der Waals surface area contributed by atoms with Crippen molar-refractivity contribution >= 4 is 134 Å². The number of H-pyrrole nitrogens is 2. The number of aromatic amines is 2. The molecule has 7 atom stereocenters. The Balaban J connectivity index is 0.00000227. The topological polar surface area (TPSA) is 146 Å². The summed E-state index contributed by atoms with van der Waals surface area (Å²) in [6, 6.07) is 16.6. The van der Waals surface area contributed by atoms with Gasteiger partial charge in [-0.3, -0.25) is 9.59 Å². The summed E-state index contributed by atoms with van der Waals surface area (Å²) in [5.41, 5.74) is 3.89. The summed E-state index contributed by atoms with van der Waals surface area (Å²) in [4.78, 5) is 61.6. The maximum atomic E-state index is 14.3. The number of fused-ring (bicyclic) bond motifs is 4. The van der Waals surface area contributed by atoms with Crippen LogP contribution in [-0.4, -0.2) is 86.6 Å². The summed E-state index contributed by atoms with van der Waals surface area (Å²) in [5, 5.41) is 7.39. The van der Waals surface area contributed by atoms with Crippen molar-refractivity contribution in [1.29, 1.82) is 0 Å². The van der Waals surface area contributed by atoms with Crippen molar-refractivity contribution < 1.29 is 23.9 Å². The van der Waals surface area contributed by atoms with E-state index in [2.05, 4.69) is 82.6 Å². The van der Waals surface area contributed by atoms with E-state index in [9.17, 15) is 14.4 Å². The van der Waals surface area contributed by atoms with Crippen molar-refractivity contribution in [2.75, 3.05) is 26.9 Å². The average molecular weight is 1070 g/mol. The van der Waals surface area contributed by atoms with Crippen LogP contribution in [0.25, 0.3) is 44.1 Å². The first kappa shape index (κ1) is 61.3. The molecule has 1 saturated carbocycles. The van der Waals surface area contributed by atoms with E-state index in [1.54, 1.807) is 0 Å². The quantitative estimate of drug-likeness (QED) is 0.125. The fourth-order valence-corrected chi connectivity index (χ4v) is 10.9. The van der Waals surface area contributed by atoms with E-state index in [-0.39, 0.29) is 148 Å². The highest BCUT2D eigenvalue weighted by Crippen LogP contribution is 2.49. The monoisotopic (exact) mass is 1070 g/mol. The van der Waals surface area contributed by atoms with Gasteiger partial charge in [-0.25, -0.2) is 14.8 Å². The molecule has 5 aromatic rings. The molecule has 4 fully saturated rings. The van der Waals surface area contributed by atoms with E-state index in [1.807, 2.05) is 38.1 Å². The smallest absolute Gasteiger partial charge is 0.407 e. The van der Waals surface area contributed by atoms with Crippen molar-refractivity contribution in [3.63, 3.8) is 0 Å². The Hall–Kier alpha value is -2.78. The van der Waals surface area contributed by atoms with Crippen LogP contribution in [0.15, 0.2) is 60.9 Å². The molecule has 3 amide bonds. The molecule has 19 heteroatoms. The largest absolute Gasteiger partial charge is 0.453 e. The number of nitrogens with one attached hydrogen (secondary N) is 3. The van der Waals surface area contributed by atoms with E-state index < -0.39 is 12.1 Å². The van der Waals surface area contributed by atoms with Gasteiger partial charge in [0.05, 0.1) is 49.6 Å². The van der Waals surface area contributed by atoms with Crippen LogP contribution in [0.5, 0.6) is 0 Å². The number of carbonyl (C=O) groups is 3. The molecule has 9 rings (SSSR count). The Labute approximate surface area is 450 Å². The number of benzene rings is 3. The zero-order valence-electron chi connectivity index (χ0n) is 40.0. The second-order valence-corrected chi connectivity index (χ2v) is 19.1. The molecule has 12 nitrogen and oxygen atoms in total. The van der Waals surface area contributed by atoms with Crippen LogP contribution >= 0.6 is 94.5 Å². The van der Waals surface area contributed by atoms with Gasteiger partial charge in [0.25, 0.3) is 0 Å². The molecule has 68 heavy (non-hydrogen) atoms. The van der Waals surface area contributed by atoms with Gasteiger partial charge in [-0.05, 0) is 90.0 Å². The highest BCUT2D eigenvalue weighted by atomic mass is 32.1. The second kappa shape index (κ2) is 25.6. The number of aromatic nitrogens is 4. The molecular formula is C49H75N7O5S7. The molecule has 378 valence electrons. The van der Waals surface area contributed by atoms with Crippen LogP contribution in [0, 0.1) is 29.1 Å². The summed E-state index contributed by atoms with van der Waals surface area (Å²) in [7, 11) is 1.33. The van der Waals surface area contributed by atoms with E-state index in [0.717, 1.165) is 107 Å². The lowest BCUT2D eigenvalue weighted by Gasteiger charge is -2.36. The van der Waals surface area contributed by atoms with Crippen LogP contribution in [0.3, 0.4) is 0 Å². The molecule has 0 bridgehead atoms. The zero-order chi connectivity index (χ0) is 42.6. The van der Waals surface area contributed by atoms with E-state index >= 15 is 0 Å². The number of hydrogen-bond donors (Lipinski definition) is 3. The van der Waals surface area contributed by atoms with Gasteiger partial charge in [0.2, 0.25) is 11.8 Å². The first-order valence-electron chi connectivity index (χ1n) is 22.6. The number of rotatable bonds is 9. The molecule has 1 aliphatic carbocycles. The number of ether oxygens (including phenoxy) is 2. The minimum absolute atomic E-state index is 0. The highest BCUT2D eigenvalue weighted by Gasteiger charge is 2.50. The van der Waals surface area contributed by atoms with Crippen molar-refractivity contribution in [3.8, 4) is 22.5 Å². The first-order valence-corrected chi connectivity index (χ1v) is 22.6. The molecule has 3 saturated heterocycles. The molecule has 1 spiro atoms. The van der Waals surface area contributed by atoms with Crippen LogP contribution in [0.4, 0.5) is 4.79 Å². The van der Waals surface area contributed by atoms with Gasteiger partial charge < -0.3 is 34.6 Å². The summed E-state index contributed by atoms with van der Waals surface area (Å²) in [5.74, 6) is 2.26. The van der Waals surface area contributed by atoms with Gasteiger partial charge >= 0.3 is 6.09 Å². The number of carbonyl (C=O) groups excluding carboxylic acids is 3. The maximum Gasteiger partial charge on any atom is 0.407 e. The molecule has 3 N–H and O–H groups in total. The Kier molecular flexibility index (Phi) is 23.1. The summed E-state index contributed by atoms with van der Waals surface area (Å²) in [6.07, 6.45) is 11.3. The lowest BCUT2D eigenvalue weighted by molar-refractivity contribution is -0.139. The molecule has 5 heterocycles. The number of alkyl carbamates (subject to hydrolysis) is 1. The first-order chi connectivity index (χ1) is 29.4. The molecule has 3 aliphatic heterocycles. The summed E-state index contributed by atoms with van der Waals surface area (Å²) in [6.45, 7) is 12.4. The van der Waals surface area contributed by atoms with Gasteiger partial charge in [0.15, 0.2) is 0 Å². The molecule has 4 aliphatic rings. The third-order valence-electron chi connectivity index (χ3n) is 14.6. The normalized spacial score (nSPS) is 22.5. The molecule has 2 aromatic heterocycles. The van der Waals surface area contributed by atoms with Crippen molar-refractivity contribution in [2.24, 2.45) is 29.1 Å². The fraction of sp³-hybridized carbons (Fsp3) is 0.531. The summed E-state index contributed by atoms with van der Waals surface area (Å²) >= 11 is 0. The number of amides is 3. The number of nitrogens with zero attached hydrogens (tertiary/aromatic N) is 4.